The highest BCUT2D eigenvalue weighted by atomic mass is 35.5. The molecule has 94 valence electrons. The highest BCUT2D eigenvalue weighted by Gasteiger charge is 2.33. The molecule has 0 unspecified atom stereocenters. The number of aliphatic hydroxyl groups excluding tert-OH is 1. The maximum atomic E-state index is 9.57. The quantitative estimate of drug-likeness (QED) is 0.815. The standard InChI is InChI=1S/C12H18ClN3O/c1-8-10(13)14-9(2)15-11(8)16-12(7-17)5-3-4-6-12/h17H,3-7H2,1-2H3,(H,14,15,16). The van der Waals surface area contributed by atoms with Gasteiger partial charge in [-0.25, -0.2) is 9.97 Å². The van der Waals surface area contributed by atoms with E-state index in [1.807, 2.05) is 13.8 Å². The number of nitrogens with one attached hydrogen (secondary N) is 1. The van der Waals surface area contributed by atoms with Crippen molar-refractivity contribution in [1.82, 2.24) is 9.97 Å². The van der Waals surface area contributed by atoms with Gasteiger partial charge in [0.15, 0.2) is 0 Å². The Bertz CT molecular complexity index is 416. The van der Waals surface area contributed by atoms with Crippen LogP contribution in [-0.2, 0) is 0 Å². The Morgan fingerprint density at radius 3 is 2.53 bits per heavy atom. The normalized spacial score (nSPS) is 18.4. The molecule has 1 saturated carbocycles. The fraction of sp³-hybridized carbons (Fsp3) is 0.667. The topological polar surface area (TPSA) is 58.0 Å². The summed E-state index contributed by atoms with van der Waals surface area (Å²) >= 11 is 6.04. The largest absolute Gasteiger partial charge is 0.394 e. The molecule has 0 aromatic carbocycles. The predicted octanol–water partition coefficient (Wildman–Crippen LogP) is 2.46. The van der Waals surface area contributed by atoms with Gasteiger partial charge in [-0.2, -0.15) is 0 Å². The lowest BCUT2D eigenvalue weighted by atomic mass is 9.99. The fourth-order valence-corrected chi connectivity index (χ4v) is 2.55. The van der Waals surface area contributed by atoms with Gasteiger partial charge in [-0.1, -0.05) is 24.4 Å². The molecule has 2 rings (SSSR count). The van der Waals surface area contributed by atoms with E-state index in [0.29, 0.717) is 11.0 Å². The van der Waals surface area contributed by atoms with Gasteiger partial charge in [0.05, 0.1) is 12.1 Å². The van der Waals surface area contributed by atoms with Gasteiger partial charge in [-0.3, -0.25) is 0 Å². The third-order valence-corrected chi connectivity index (χ3v) is 3.81. The van der Waals surface area contributed by atoms with Crippen LogP contribution in [0.15, 0.2) is 0 Å². The molecule has 0 aliphatic heterocycles. The number of halogens is 1. The summed E-state index contributed by atoms with van der Waals surface area (Å²) in [6, 6.07) is 0. The second-order valence-corrected chi connectivity index (χ2v) is 5.16. The van der Waals surface area contributed by atoms with Crippen molar-refractivity contribution in [2.24, 2.45) is 0 Å². The van der Waals surface area contributed by atoms with E-state index >= 15 is 0 Å². The highest BCUT2D eigenvalue weighted by Crippen LogP contribution is 2.33. The van der Waals surface area contributed by atoms with Crippen LogP contribution in [-0.4, -0.2) is 27.2 Å². The van der Waals surface area contributed by atoms with Crippen LogP contribution in [0.2, 0.25) is 5.15 Å². The fourth-order valence-electron chi connectivity index (χ4n) is 2.34. The van der Waals surface area contributed by atoms with E-state index in [-0.39, 0.29) is 12.1 Å². The van der Waals surface area contributed by atoms with Crippen molar-refractivity contribution in [2.75, 3.05) is 11.9 Å². The summed E-state index contributed by atoms with van der Waals surface area (Å²) in [4.78, 5) is 8.48. The molecule has 1 heterocycles. The second-order valence-electron chi connectivity index (χ2n) is 4.81. The molecule has 1 aliphatic carbocycles. The zero-order valence-corrected chi connectivity index (χ0v) is 11.0. The van der Waals surface area contributed by atoms with Crippen molar-refractivity contribution in [2.45, 2.75) is 45.1 Å². The third-order valence-electron chi connectivity index (χ3n) is 3.45. The van der Waals surface area contributed by atoms with Crippen LogP contribution in [0.5, 0.6) is 0 Å². The van der Waals surface area contributed by atoms with Gasteiger partial charge in [0.1, 0.15) is 16.8 Å². The number of aryl methyl sites for hydroxylation is 1. The summed E-state index contributed by atoms with van der Waals surface area (Å²) in [7, 11) is 0. The zero-order chi connectivity index (χ0) is 12.5. The number of hydrogen-bond acceptors (Lipinski definition) is 4. The van der Waals surface area contributed by atoms with E-state index in [2.05, 4.69) is 15.3 Å². The van der Waals surface area contributed by atoms with Crippen LogP contribution in [0, 0.1) is 13.8 Å². The molecule has 0 saturated heterocycles. The molecular weight excluding hydrogens is 238 g/mol. The van der Waals surface area contributed by atoms with E-state index in [1.54, 1.807) is 0 Å². The summed E-state index contributed by atoms with van der Waals surface area (Å²) in [6.07, 6.45) is 4.24. The highest BCUT2D eigenvalue weighted by molar-refractivity contribution is 6.30. The van der Waals surface area contributed by atoms with Crippen LogP contribution in [0.3, 0.4) is 0 Å². The minimum atomic E-state index is -0.227. The Hall–Kier alpha value is -0.870. The Labute approximate surface area is 106 Å². The molecule has 0 bridgehead atoms. The molecule has 2 N–H and O–H groups in total. The summed E-state index contributed by atoms with van der Waals surface area (Å²) in [5, 5.41) is 13.4. The maximum absolute atomic E-state index is 9.57. The van der Waals surface area contributed by atoms with Gasteiger partial charge in [-0.15, -0.1) is 0 Å². The molecule has 0 atom stereocenters. The van der Waals surface area contributed by atoms with Crippen molar-refractivity contribution in [3.63, 3.8) is 0 Å². The first-order valence-electron chi connectivity index (χ1n) is 5.96. The first-order chi connectivity index (χ1) is 8.06. The third kappa shape index (κ3) is 2.53. The zero-order valence-electron chi connectivity index (χ0n) is 10.3. The van der Waals surface area contributed by atoms with Crippen LogP contribution >= 0.6 is 11.6 Å². The molecule has 1 aromatic heterocycles. The first kappa shape index (κ1) is 12.6. The number of aromatic nitrogens is 2. The lowest BCUT2D eigenvalue weighted by Gasteiger charge is -2.29. The van der Waals surface area contributed by atoms with Crippen LogP contribution in [0.4, 0.5) is 5.82 Å². The predicted molar refractivity (Wildman–Crippen MR) is 68.4 cm³/mol. The summed E-state index contributed by atoms with van der Waals surface area (Å²) in [5.74, 6) is 1.40. The summed E-state index contributed by atoms with van der Waals surface area (Å²) in [5.41, 5.74) is 0.617. The first-order valence-corrected chi connectivity index (χ1v) is 6.34. The molecular formula is C12H18ClN3O. The van der Waals surface area contributed by atoms with E-state index in [9.17, 15) is 5.11 Å². The Balaban J connectivity index is 2.28. The molecule has 1 aromatic rings. The van der Waals surface area contributed by atoms with E-state index in [1.165, 1.54) is 0 Å². The summed E-state index contributed by atoms with van der Waals surface area (Å²) in [6.45, 7) is 3.84. The second kappa shape index (κ2) is 4.78. The van der Waals surface area contributed by atoms with Crippen LogP contribution in [0.1, 0.15) is 37.1 Å². The molecule has 17 heavy (non-hydrogen) atoms. The van der Waals surface area contributed by atoms with Crippen molar-refractivity contribution >= 4 is 17.4 Å². The SMILES string of the molecule is Cc1nc(Cl)c(C)c(NC2(CO)CCCC2)n1. The minimum absolute atomic E-state index is 0.132. The molecule has 5 heteroatoms. The van der Waals surface area contributed by atoms with Crippen LogP contribution in [0.25, 0.3) is 0 Å². The monoisotopic (exact) mass is 255 g/mol. The molecule has 0 radical (unpaired) electrons. The Morgan fingerprint density at radius 2 is 1.94 bits per heavy atom. The van der Waals surface area contributed by atoms with E-state index < -0.39 is 0 Å². The number of nitrogens with zero attached hydrogens (tertiary/aromatic N) is 2. The van der Waals surface area contributed by atoms with E-state index in [0.717, 1.165) is 37.1 Å². The van der Waals surface area contributed by atoms with Gasteiger partial charge < -0.3 is 10.4 Å². The van der Waals surface area contributed by atoms with E-state index in [4.69, 9.17) is 11.6 Å². The molecule has 0 amide bonds. The molecule has 0 spiro atoms. The molecule has 1 fully saturated rings. The molecule has 4 nitrogen and oxygen atoms in total. The van der Waals surface area contributed by atoms with Crippen molar-refractivity contribution in [1.29, 1.82) is 0 Å². The Morgan fingerprint density at radius 1 is 1.29 bits per heavy atom. The summed E-state index contributed by atoms with van der Waals surface area (Å²) < 4.78 is 0. The number of rotatable bonds is 3. The number of hydrogen-bond donors (Lipinski definition) is 2. The van der Waals surface area contributed by atoms with Gasteiger partial charge in [0.2, 0.25) is 0 Å². The number of anilines is 1. The van der Waals surface area contributed by atoms with Crippen molar-refractivity contribution < 1.29 is 5.11 Å². The van der Waals surface area contributed by atoms with Crippen LogP contribution < -0.4 is 5.32 Å². The maximum Gasteiger partial charge on any atom is 0.137 e. The molecule has 1 aliphatic rings. The average Bonchev–Trinajstić information content (AvgIpc) is 2.74. The van der Waals surface area contributed by atoms with Crippen molar-refractivity contribution in [3.05, 3.63) is 16.5 Å². The number of aliphatic hydroxyl groups is 1. The van der Waals surface area contributed by atoms with Gasteiger partial charge in [-0.05, 0) is 26.7 Å². The lowest BCUT2D eigenvalue weighted by molar-refractivity contribution is 0.213. The Kier molecular flexibility index (Phi) is 3.54. The van der Waals surface area contributed by atoms with Gasteiger partial charge >= 0.3 is 0 Å². The lowest BCUT2D eigenvalue weighted by Crippen LogP contribution is -2.39. The average molecular weight is 256 g/mol. The van der Waals surface area contributed by atoms with Gasteiger partial charge in [0, 0.05) is 5.56 Å². The minimum Gasteiger partial charge on any atom is -0.394 e. The van der Waals surface area contributed by atoms with Crippen molar-refractivity contribution in [3.8, 4) is 0 Å². The smallest absolute Gasteiger partial charge is 0.137 e. The van der Waals surface area contributed by atoms with Gasteiger partial charge in [0.25, 0.3) is 0 Å².